The average molecular weight is 312 g/mol. The third kappa shape index (κ3) is 3.48. The van der Waals surface area contributed by atoms with E-state index in [1.807, 2.05) is 0 Å². The maximum atomic E-state index is 12.8. The molecule has 0 radical (unpaired) electrons. The van der Waals surface area contributed by atoms with Crippen LogP contribution >= 0.6 is 0 Å². The van der Waals surface area contributed by atoms with Crippen molar-refractivity contribution in [2.75, 3.05) is 19.7 Å². The summed E-state index contributed by atoms with van der Waals surface area (Å²) in [4.78, 5) is 2.09. The van der Waals surface area contributed by atoms with Crippen LogP contribution in [0.3, 0.4) is 0 Å². The van der Waals surface area contributed by atoms with Crippen LogP contribution in [0.15, 0.2) is 41.1 Å². The van der Waals surface area contributed by atoms with E-state index in [9.17, 15) is 13.2 Å². The molecule has 0 amide bonds. The molecule has 1 aromatic heterocycles. The van der Waals surface area contributed by atoms with Gasteiger partial charge in [0, 0.05) is 25.7 Å². The van der Waals surface area contributed by atoms with Gasteiger partial charge in [0.15, 0.2) is 0 Å². The number of morpholine rings is 1. The van der Waals surface area contributed by atoms with Crippen molar-refractivity contribution in [3.05, 3.63) is 53.4 Å². The van der Waals surface area contributed by atoms with Gasteiger partial charge < -0.3 is 9.26 Å². The van der Waals surface area contributed by atoms with E-state index in [1.165, 1.54) is 12.3 Å². The number of benzene rings is 1. The first kappa shape index (κ1) is 15.1. The van der Waals surface area contributed by atoms with Gasteiger partial charge in [0.25, 0.3) is 0 Å². The van der Waals surface area contributed by atoms with E-state index in [1.54, 1.807) is 12.1 Å². The van der Waals surface area contributed by atoms with Crippen molar-refractivity contribution in [1.29, 1.82) is 0 Å². The fourth-order valence-electron chi connectivity index (χ4n) is 2.51. The number of aromatic nitrogens is 1. The Morgan fingerprint density at radius 1 is 1.27 bits per heavy atom. The van der Waals surface area contributed by atoms with Crippen LogP contribution in [0.25, 0.3) is 0 Å². The van der Waals surface area contributed by atoms with Gasteiger partial charge in [-0.25, -0.2) is 0 Å². The first-order chi connectivity index (χ1) is 10.5. The topological polar surface area (TPSA) is 38.5 Å². The van der Waals surface area contributed by atoms with E-state index in [4.69, 9.17) is 9.26 Å². The highest BCUT2D eigenvalue weighted by atomic mass is 19.4. The number of rotatable bonds is 3. The van der Waals surface area contributed by atoms with E-state index >= 15 is 0 Å². The highest BCUT2D eigenvalue weighted by Gasteiger charge is 2.31. The Morgan fingerprint density at radius 2 is 2.14 bits per heavy atom. The zero-order valence-corrected chi connectivity index (χ0v) is 11.7. The molecule has 0 saturated carbocycles. The number of nitrogens with zero attached hydrogens (tertiary/aromatic N) is 2. The van der Waals surface area contributed by atoms with E-state index in [0.29, 0.717) is 31.8 Å². The number of hydrogen-bond donors (Lipinski definition) is 0. The Labute approximate surface area is 125 Å². The van der Waals surface area contributed by atoms with Crippen LogP contribution in [0.5, 0.6) is 0 Å². The van der Waals surface area contributed by atoms with Gasteiger partial charge in [0.2, 0.25) is 0 Å². The Bertz CT molecular complexity index is 614. The minimum Gasteiger partial charge on any atom is -0.371 e. The second-order valence-electron chi connectivity index (χ2n) is 5.21. The average Bonchev–Trinajstić information content (AvgIpc) is 3.00. The van der Waals surface area contributed by atoms with Crippen LogP contribution in [-0.4, -0.2) is 29.8 Å². The molecule has 4 nitrogen and oxygen atoms in total. The highest BCUT2D eigenvalue weighted by molar-refractivity contribution is 5.27. The van der Waals surface area contributed by atoms with Crippen molar-refractivity contribution in [2.45, 2.75) is 18.8 Å². The zero-order chi connectivity index (χ0) is 15.6. The predicted molar refractivity (Wildman–Crippen MR) is 71.9 cm³/mol. The van der Waals surface area contributed by atoms with E-state index in [2.05, 4.69) is 10.1 Å². The quantitative estimate of drug-likeness (QED) is 0.872. The summed E-state index contributed by atoms with van der Waals surface area (Å²) in [5.74, 6) is 0. The monoisotopic (exact) mass is 312 g/mol. The van der Waals surface area contributed by atoms with Crippen LogP contribution in [0.1, 0.15) is 22.9 Å². The lowest BCUT2D eigenvalue weighted by atomic mass is 10.0. The first-order valence-electron chi connectivity index (χ1n) is 6.93. The first-order valence-corrected chi connectivity index (χ1v) is 6.93. The van der Waals surface area contributed by atoms with Gasteiger partial charge in [-0.2, -0.15) is 13.2 Å². The molecule has 7 heteroatoms. The molecule has 0 bridgehead atoms. The minimum absolute atomic E-state index is 0.372. The molecular weight excluding hydrogens is 297 g/mol. The number of alkyl halides is 3. The second kappa shape index (κ2) is 6.10. The largest absolute Gasteiger partial charge is 0.416 e. The van der Waals surface area contributed by atoms with Crippen molar-refractivity contribution in [1.82, 2.24) is 10.1 Å². The molecule has 2 heterocycles. The molecule has 1 aromatic carbocycles. The maximum Gasteiger partial charge on any atom is 0.416 e. The van der Waals surface area contributed by atoms with Gasteiger partial charge in [-0.15, -0.1) is 0 Å². The molecule has 22 heavy (non-hydrogen) atoms. The van der Waals surface area contributed by atoms with Crippen LogP contribution in [0.4, 0.5) is 13.2 Å². The van der Waals surface area contributed by atoms with Crippen LogP contribution in [0.2, 0.25) is 0 Å². The van der Waals surface area contributed by atoms with Crippen molar-refractivity contribution in [3.63, 3.8) is 0 Å². The Hall–Kier alpha value is -1.86. The van der Waals surface area contributed by atoms with Gasteiger partial charge in [-0.1, -0.05) is 17.3 Å². The molecular formula is C15H15F3N2O2. The number of hydrogen-bond acceptors (Lipinski definition) is 4. The van der Waals surface area contributed by atoms with Crippen LogP contribution in [-0.2, 0) is 17.5 Å². The molecule has 1 aliphatic rings. The summed E-state index contributed by atoms with van der Waals surface area (Å²) in [6.45, 7) is 2.30. The Kier molecular flexibility index (Phi) is 4.17. The van der Waals surface area contributed by atoms with Gasteiger partial charge in [-0.05, 0) is 17.7 Å². The summed E-state index contributed by atoms with van der Waals surface area (Å²) in [6.07, 6.45) is -3.21. The van der Waals surface area contributed by atoms with Crippen molar-refractivity contribution < 1.29 is 22.4 Å². The van der Waals surface area contributed by atoms with Gasteiger partial charge >= 0.3 is 6.18 Å². The normalized spacial score (nSPS) is 20.2. The smallest absolute Gasteiger partial charge is 0.371 e. The van der Waals surface area contributed by atoms with Crippen LogP contribution in [0, 0.1) is 0 Å². The predicted octanol–water partition coefficient (Wildman–Crippen LogP) is 3.27. The highest BCUT2D eigenvalue weighted by Crippen LogP contribution is 2.32. The lowest BCUT2D eigenvalue weighted by Gasteiger charge is -2.32. The molecule has 118 valence electrons. The van der Waals surface area contributed by atoms with Crippen LogP contribution < -0.4 is 0 Å². The molecule has 1 fully saturated rings. The molecule has 1 saturated heterocycles. The van der Waals surface area contributed by atoms with Crippen molar-refractivity contribution in [3.8, 4) is 0 Å². The molecule has 2 aromatic rings. The summed E-state index contributed by atoms with van der Waals surface area (Å²) >= 11 is 0. The second-order valence-corrected chi connectivity index (χ2v) is 5.21. The lowest BCUT2D eigenvalue weighted by molar-refractivity contribution is -0.137. The zero-order valence-electron chi connectivity index (χ0n) is 11.7. The lowest BCUT2D eigenvalue weighted by Crippen LogP contribution is -2.37. The van der Waals surface area contributed by atoms with Gasteiger partial charge in [-0.3, -0.25) is 4.90 Å². The molecule has 1 unspecified atom stereocenters. The third-order valence-electron chi connectivity index (χ3n) is 3.61. The summed E-state index contributed by atoms with van der Waals surface area (Å²) in [6, 6.07) is 7.08. The Balaban J connectivity index is 1.72. The third-order valence-corrected chi connectivity index (χ3v) is 3.61. The number of ether oxygens (including phenoxy) is 1. The molecule has 1 atom stereocenters. The van der Waals surface area contributed by atoms with Gasteiger partial charge in [0.1, 0.15) is 6.26 Å². The maximum absolute atomic E-state index is 12.8. The fourth-order valence-corrected chi connectivity index (χ4v) is 2.51. The summed E-state index contributed by atoms with van der Waals surface area (Å²) < 4.78 is 48.8. The van der Waals surface area contributed by atoms with Gasteiger partial charge in [0.05, 0.1) is 24.0 Å². The van der Waals surface area contributed by atoms with Crippen molar-refractivity contribution >= 4 is 0 Å². The molecule has 0 N–H and O–H groups in total. The summed E-state index contributed by atoms with van der Waals surface area (Å²) in [5, 5.41) is 3.85. The van der Waals surface area contributed by atoms with E-state index < -0.39 is 11.7 Å². The number of halogens is 3. The van der Waals surface area contributed by atoms with E-state index in [0.717, 1.165) is 17.8 Å². The minimum atomic E-state index is -4.34. The van der Waals surface area contributed by atoms with Crippen molar-refractivity contribution in [2.24, 2.45) is 0 Å². The van der Waals surface area contributed by atoms with E-state index in [-0.39, 0.29) is 6.10 Å². The molecule has 0 spiro atoms. The fraction of sp³-hybridized carbons (Fsp3) is 0.400. The standard InChI is InChI=1S/C15H15F3N2O2/c16-15(17,18)12-3-1-2-11(8-12)14-10-20(5-7-21-14)9-13-4-6-22-19-13/h1-4,6,8,14H,5,7,9-10H2. The summed E-state index contributed by atoms with van der Waals surface area (Å²) in [7, 11) is 0. The Morgan fingerprint density at radius 3 is 2.86 bits per heavy atom. The SMILES string of the molecule is FC(F)(F)c1cccc(C2CN(Cc3ccon3)CCO2)c1. The molecule has 3 rings (SSSR count). The molecule has 0 aliphatic carbocycles. The summed E-state index contributed by atoms with van der Waals surface area (Å²) in [5.41, 5.74) is 0.687. The molecule has 1 aliphatic heterocycles.